The summed E-state index contributed by atoms with van der Waals surface area (Å²) in [6.07, 6.45) is 7.48. The van der Waals surface area contributed by atoms with E-state index in [1.165, 1.54) is 6.26 Å². The van der Waals surface area contributed by atoms with Gasteiger partial charge in [-0.25, -0.2) is 9.97 Å². The molecule has 8 heteroatoms. The monoisotopic (exact) mass is 409 g/mol. The lowest BCUT2D eigenvalue weighted by atomic mass is 9.60. The molecule has 5 heterocycles. The van der Waals surface area contributed by atoms with Crippen LogP contribution in [0.2, 0.25) is 0 Å². The molecule has 2 aromatic heterocycles. The minimum absolute atomic E-state index is 0.0712. The van der Waals surface area contributed by atoms with Crippen molar-refractivity contribution in [3.05, 3.63) is 42.6 Å². The molecule has 3 aliphatic rings. The average molecular weight is 409 g/mol. The number of amides is 2. The Kier molecular flexibility index (Phi) is 4.52. The summed E-state index contributed by atoms with van der Waals surface area (Å²) < 4.78 is 5.30. The third-order valence-corrected chi connectivity index (χ3v) is 7.43. The summed E-state index contributed by atoms with van der Waals surface area (Å²) in [6.45, 7) is 6.24. The molecule has 0 N–H and O–H groups in total. The fourth-order valence-electron chi connectivity index (χ4n) is 5.77. The SMILES string of the molecule is CCN1CC[C@]2(CN(c3ncccn3)CC23CCN(C(=O)c2ccco2)CC3)C1=O. The third-order valence-electron chi connectivity index (χ3n) is 7.43. The van der Waals surface area contributed by atoms with Gasteiger partial charge in [0.15, 0.2) is 5.76 Å². The van der Waals surface area contributed by atoms with Gasteiger partial charge in [-0.05, 0) is 44.4 Å². The molecular weight excluding hydrogens is 382 g/mol. The Morgan fingerprint density at radius 1 is 1.10 bits per heavy atom. The number of nitrogens with zero attached hydrogens (tertiary/aromatic N) is 5. The Hall–Kier alpha value is -2.90. The van der Waals surface area contributed by atoms with E-state index in [1.807, 2.05) is 22.8 Å². The molecule has 0 aromatic carbocycles. The second kappa shape index (κ2) is 7.11. The Labute approximate surface area is 175 Å². The molecule has 158 valence electrons. The van der Waals surface area contributed by atoms with Gasteiger partial charge in [0.2, 0.25) is 11.9 Å². The van der Waals surface area contributed by atoms with Crippen molar-refractivity contribution in [2.75, 3.05) is 44.2 Å². The van der Waals surface area contributed by atoms with Crippen LogP contribution in [-0.2, 0) is 4.79 Å². The van der Waals surface area contributed by atoms with Crippen molar-refractivity contribution in [1.82, 2.24) is 19.8 Å². The van der Waals surface area contributed by atoms with E-state index in [0.29, 0.717) is 31.3 Å². The number of carbonyl (C=O) groups excluding carboxylic acids is 2. The molecule has 30 heavy (non-hydrogen) atoms. The maximum atomic E-state index is 13.6. The van der Waals surface area contributed by atoms with E-state index < -0.39 is 5.41 Å². The zero-order valence-corrected chi connectivity index (χ0v) is 17.3. The fourth-order valence-corrected chi connectivity index (χ4v) is 5.77. The maximum absolute atomic E-state index is 13.6. The van der Waals surface area contributed by atoms with Gasteiger partial charge in [0.05, 0.1) is 11.7 Å². The minimum atomic E-state index is -0.429. The van der Waals surface area contributed by atoms with Gasteiger partial charge in [-0.2, -0.15) is 0 Å². The van der Waals surface area contributed by atoms with E-state index in [4.69, 9.17) is 4.42 Å². The van der Waals surface area contributed by atoms with Crippen LogP contribution in [-0.4, -0.2) is 70.9 Å². The molecule has 2 spiro atoms. The van der Waals surface area contributed by atoms with Gasteiger partial charge in [-0.15, -0.1) is 0 Å². The van der Waals surface area contributed by atoms with E-state index >= 15 is 0 Å². The Morgan fingerprint density at radius 3 is 2.50 bits per heavy atom. The Bertz CT molecular complexity index is 924. The predicted octanol–water partition coefficient (Wildman–Crippen LogP) is 2.05. The first-order chi connectivity index (χ1) is 14.6. The summed E-state index contributed by atoms with van der Waals surface area (Å²) in [6, 6.07) is 5.25. The van der Waals surface area contributed by atoms with Gasteiger partial charge in [0, 0.05) is 57.1 Å². The minimum Gasteiger partial charge on any atom is -0.459 e. The number of fused-ring (bicyclic) bond motifs is 1. The van der Waals surface area contributed by atoms with Gasteiger partial charge in [0.1, 0.15) is 0 Å². The first-order valence-corrected chi connectivity index (χ1v) is 10.7. The van der Waals surface area contributed by atoms with Gasteiger partial charge >= 0.3 is 0 Å². The number of furan rings is 1. The van der Waals surface area contributed by atoms with Gasteiger partial charge in [-0.3, -0.25) is 9.59 Å². The molecule has 0 radical (unpaired) electrons. The van der Waals surface area contributed by atoms with Crippen LogP contribution in [0, 0.1) is 10.8 Å². The summed E-state index contributed by atoms with van der Waals surface area (Å²) in [4.78, 5) is 41.2. The summed E-state index contributed by atoms with van der Waals surface area (Å²) in [7, 11) is 0. The first-order valence-electron chi connectivity index (χ1n) is 10.7. The van der Waals surface area contributed by atoms with E-state index in [9.17, 15) is 9.59 Å². The number of hydrogen-bond acceptors (Lipinski definition) is 6. The van der Waals surface area contributed by atoms with Crippen LogP contribution in [0.3, 0.4) is 0 Å². The smallest absolute Gasteiger partial charge is 0.289 e. The van der Waals surface area contributed by atoms with Gasteiger partial charge in [0.25, 0.3) is 5.91 Å². The largest absolute Gasteiger partial charge is 0.459 e. The second-order valence-corrected chi connectivity index (χ2v) is 8.67. The Balaban J connectivity index is 1.43. The molecule has 8 nitrogen and oxygen atoms in total. The number of hydrogen-bond donors (Lipinski definition) is 0. The molecule has 0 saturated carbocycles. The van der Waals surface area contributed by atoms with Gasteiger partial charge in [-0.1, -0.05) is 0 Å². The Morgan fingerprint density at radius 2 is 1.87 bits per heavy atom. The number of carbonyl (C=O) groups is 2. The third kappa shape index (κ3) is 2.73. The molecule has 2 amide bonds. The lowest BCUT2D eigenvalue weighted by Crippen LogP contribution is -2.53. The number of anilines is 1. The van der Waals surface area contributed by atoms with Crippen LogP contribution >= 0.6 is 0 Å². The lowest BCUT2D eigenvalue weighted by molar-refractivity contribution is -0.141. The summed E-state index contributed by atoms with van der Waals surface area (Å²) in [5, 5.41) is 0. The van der Waals surface area contributed by atoms with Crippen molar-refractivity contribution in [3.63, 3.8) is 0 Å². The highest BCUT2D eigenvalue weighted by Gasteiger charge is 2.65. The second-order valence-electron chi connectivity index (χ2n) is 8.67. The normalized spacial score (nSPS) is 25.6. The van der Waals surface area contributed by atoms with Crippen molar-refractivity contribution in [3.8, 4) is 0 Å². The van der Waals surface area contributed by atoms with Crippen molar-refractivity contribution in [1.29, 1.82) is 0 Å². The van der Waals surface area contributed by atoms with Crippen LogP contribution in [0.15, 0.2) is 41.3 Å². The van der Waals surface area contributed by atoms with E-state index in [-0.39, 0.29) is 17.2 Å². The number of piperidine rings is 1. The molecule has 5 rings (SSSR count). The molecule has 0 unspecified atom stereocenters. The topological polar surface area (TPSA) is 82.8 Å². The highest BCUT2D eigenvalue weighted by molar-refractivity contribution is 5.91. The van der Waals surface area contributed by atoms with Crippen LogP contribution < -0.4 is 4.90 Å². The zero-order chi connectivity index (χ0) is 20.8. The molecule has 3 fully saturated rings. The summed E-state index contributed by atoms with van der Waals surface area (Å²) in [5.41, 5.74) is -0.602. The number of likely N-dealkylation sites (tertiary alicyclic amines) is 2. The molecule has 2 aromatic rings. The van der Waals surface area contributed by atoms with E-state index in [1.54, 1.807) is 24.5 Å². The summed E-state index contributed by atoms with van der Waals surface area (Å²) >= 11 is 0. The van der Waals surface area contributed by atoms with Gasteiger partial charge < -0.3 is 19.1 Å². The highest BCUT2D eigenvalue weighted by Crippen LogP contribution is 2.58. The number of aromatic nitrogens is 2. The highest BCUT2D eigenvalue weighted by atomic mass is 16.3. The standard InChI is InChI=1S/C22H27N5O3/c1-2-25-13-8-22(19(25)29)16-27(20-23-9-4-10-24-20)15-21(22)6-11-26(12-7-21)18(28)17-5-3-14-30-17/h3-5,9-10,14H,2,6-8,11-13,15-16H2,1H3/t22-/m0/s1. The predicted molar refractivity (Wildman–Crippen MR) is 110 cm³/mol. The van der Waals surface area contributed by atoms with Crippen molar-refractivity contribution in [2.24, 2.45) is 10.8 Å². The molecule has 3 saturated heterocycles. The average Bonchev–Trinajstić information content (AvgIpc) is 3.50. The van der Waals surface area contributed by atoms with Crippen LogP contribution in [0.5, 0.6) is 0 Å². The molecule has 0 aliphatic carbocycles. The zero-order valence-electron chi connectivity index (χ0n) is 17.3. The quantitative estimate of drug-likeness (QED) is 0.772. The number of rotatable bonds is 3. The maximum Gasteiger partial charge on any atom is 0.289 e. The van der Waals surface area contributed by atoms with Crippen molar-refractivity contribution >= 4 is 17.8 Å². The lowest BCUT2D eigenvalue weighted by Gasteiger charge is -2.46. The molecular formula is C22H27N5O3. The molecule has 0 bridgehead atoms. The van der Waals surface area contributed by atoms with E-state index in [0.717, 1.165) is 38.9 Å². The van der Waals surface area contributed by atoms with Crippen LogP contribution in [0.25, 0.3) is 0 Å². The molecule has 3 aliphatic heterocycles. The fraction of sp³-hybridized carbons (Fsp3) is 0.545. The summed E-state index contributed by atoms with van der Waals surface area (Å²) in [5.74, 6) is 1.25. The van der Waals surface area contributed by atoms with Crippen LogP contribution in [0.1, 0.15) is 36.7 Å². The van der Waals surface area contributed by atoms with Crippen molar-refractivity contribution in [2.45, 2.75) is 26.2 Å². The van der Waals surface area contributed by atoms with Crippen molar-refractivity contribution < 1.29 is 14.0 Å². The first kappa shape index (κ1) is 19.1. The van der Waals surface area contributed by atoms with E-state index in [2.05, 4.69) is 14.9 Å². The van der Waals surface area contributed by atoms with Crippen LogP contribution in [0.4, 0.5) is 5.95 Å². The molecule has 1 atom stereocenters.